The summed E-state index contributed by atoms with van der Waals surface area (Å²) in [6.07, 6.45) is 0. The number of alkyl halides is 1. The van der Waals surface area contributed by atoms with Crippen molar-refractivity contribution in [1.29, 1.82) is 0 Å². The zero-order valence-corrected chi connectivity index (χ0v) is 8.48. The zero-order chi connectivity index (χ0) is 8.97. The average molecular weight is 224 g/mol. The van der Waals surface area contributed by atoms with E-state index in [1.807, 2.05) is 25.1 Å². The quantitative estimate of drug-likeness (QED) is 0.408. The van der Waals surface area contributed by atoms with Gasteiger partial charge in [-0.25, -0.2) is 0 Å². The Morgan fingerprint density at radius 2 is 2.25 bits per heavy atom. The lowest BCUT2D eigenvalue weighted by Crippen LogP contribution is -1.89. The van der Waals surface area contributed by atoms with Gasteiger partial charge in [-0.3, -0.25) is 0 Å². The van der Waals surface area contributed by atoms with Crippen molar-refractivity contribution in [1.82, 2.24) is 0 Å². The van der Waals surface area contributed by atoms with Crippen LogP contribution in [0.15, 0.2) is 18.2 Å². The van der Waals surface area contributed by atoms with Crippen LogP contribution in [0, 0.1) is 18.8 Å². The molecule has 0 aromatic heterocycles. The molecule has 2 N–H and O–H groups in total. The third kappa shape index (κ3) is 2.28. The van der Waals surface area contributed by atoms with Crippen LogP contribution >= 0.6 is 15.9 Å². The second-order valence-corrected chi connectivity index (χ2v) is 3.07. The summed E-state index contributed by atoms with van der Waals surface area (Å²) < 4.78 is 0. The molecule has 62 valence electrons. The first-order valence-electron chi connectivity index (χ1n) is 3.65. The molecule has 1 nitrogen and oxygen atoms in total. The van der Waals surface area contributed by atoms with Crippen molar-refractivity contribution < 1.29 is 0 Å². The first kappa shape index (κ1) is 9.15. The number of benzene rings is 1. The van der Waals surface area contributed by atoms with Gasteiger partial charge in [-0.15, -0.1) is 0 Å². The maximum Gasteiger partial charge on any atom is 0.0649 e. The van der Waals surface area contributed by atoms with Crippen LogP contribution in [0.1, 0.15) is 11.1 Å². The van der Waals surface area contributed by atoms with Gasteiger partial charge < -0.3 is 5.73 Å². The molecular weight excluding hydrogens is 214 g/mol. The van der Waals surface area contributed by atoms with E-state index in [0.29, 0.717) is 5.33 Å². The molecule has 0 aliphatic heterocycles. The SMILES string of the molecule is Cc1cc(C#CCBr)ccc1N. The molecule has 0 fully saturated rings. The van der Waals surface area contributed by atoms with Gasteiger partial charge in [-0.05, 0) is 30.7 Å². The zero-order valence-electron chi connectivity index (χ0n) is 6.89. The van der Waals surface area contributed by atoms with E-state index in [1.165, 1.54) is 0 Å². The number of aryl methyl sites for hydroxylation is 1. The lowest BCUT2D eigenvalue weighted by Gasteiger charge is -1.98. The fourth-order valence-corrected chi connectivity index (χ4v) is 1.03. The second kappa shape index (κ2) is 4.18. The predicted molar refractivity (Wildman–Crippen MR) is 56.3 cm³/mol. The van der Waals surface area contributed by atoms with E-state index in [9.17, 15) is 0 Å². The minimum absolute atomic E-state index is 0.705. The Kier molecular flexibility index (Phi) is 3.19. The number of hydrogen-bond donors (Lipinski definition) is 1. The maximum absolute atomic E-state index is 5.66. The van der Waals surface area contributed by atoms with Crippen LogP contribution in [-0.2, 0) is 0 Å². The third-order valence-electron chi connectivity index (χ3n) is 1.57. The summed E-state index contributed by atoms with van der Waals surface area (Å²) in [5.41, 5.74) is 8.57. The van der Waals surface area contributed by atoms with E-state index in [-0.39, 0.29) is 0 Å². The van der Waals surface area contributed by atoms with Gasteiger partial charge in [-0.1, -0.05) is 27.8 Å². The van der Waals surface area contributed by atoms with Crippen LogP contribution < -0.4 is 5.73 Å². The number of rotatable bonds is 0. The predicted octanol–water partition coefficient (Wildman–Crippen LogP) is 2.32. The number of hydrogen-bond acceptors (Lipinski definition) is 1. The van der Waals surface area contributed by atoms with Crippen molar-refractivity contribution in [3.63, 3.8) is 0 Å². The van der Waals surface area contributed by atoms with Gasteiger partial charge >= 0.3 is 0 Å². The van der Waals surface area contributed by atoms with Crippen molar-refractivity contribution in [3.05, 3.63) is 29.3 Å². The Morgan fingerprint density at radius 1 is 1.50 bits per heavy atom. The minimum atomic E-state index is 0.705. The van der Waals surface area contributed by atoms with Gasteiger partial charge in [0.2, 0.25) is 0 Å². The van der Waals surface area contributed by atoms with E-state index in [4.69, 9.17) is 5.73 Å². The third-order valence-corrected chi connectivity index (χ3v) is 1.85. The Morgan fingerprint density at radius 3 is 2.83 bits per heavy atom. The molecule has 0 saturated carbocycles. The van der Waals surface area contributed by atoms with Crippen molar-refractivity contribution in [2.75, 3.05) is 11.1 Å². The molecule has 1 rings (SSSR count). The lowest BCUT2D eigenvalue weighted by atomic mass is 10.1. The van der Waals surface area contributed by atoms with Crippen molar-refractivity contribution in [2.24, 2.45) is 0 Å². The van der Waals surface area contributed by atoms with E-state index in [1.54, 1.807) is 0 Å². The first-order chi connectivity index (χ1) is 5.74. The summed E-state index contributed by atoms with van der Waals surface area (Å²) in [6, 6.07) is 5.80. The second-order valence-electron chi connectivity index (χ2n) is 2.51. The fraction of sp³-hybridized carbons (Fsp3) is 0.200. The van der Waals surface area contributed by atoms with Crippen LogP contribution in [0.3, 0.4) is 0 Å². The highest BCUT2D eigenvalue weighted by atomic mass is 79.9. The van der Waals surface area contributed by atoms with E-state index < -0.39 is 0 Å². The summed E-state index contributed by atoms with van der Waals surface area (Å²) >= 11 is 3.24. The van der Waals surface area contributed by atoms with E-state index in [0.717, 1.165) is 16.8 Å². The molecule has 0 saturated heterocycles. The topological polar surface area (TPSA) is 26.0 Å². The smallest absolute Gasteiger partial charge is 0.0649 e. The monoisotopic (exact) mass is 223 g/mol. The molecule has 1 aromatic carbocycles. The molecule has 0 aliphatic rings. The van der Waals surface area contributed by atoms with Crippen molar-refractivity contribution in [2.45, 2.75) is 6.92 Å². The highest BCUT2D eigenvalue weighted by Gasteiger charge is 1.92. The van der Waals surface area contributed by atoms with Crippen molar-refractivity contribution in [3.8, 4) is 11.8 Å². The Balaban J connectivity index is 2.97. The standard InChI is InChI=1S/C10H10BrN/c1-8-7-9(3-2-6-11)4-5-10(8)12/h4-5,7H,6,12H2,1H3. The summed E-state index contributed by atoms with van der Waals surface area (Å²) in [7, 11) is 0. The van der Waals surface area contributed by atoms with E-state index >= 15 is 0 Å². The minimum Gasteiger partial charge on any atom is -0.399 e. The molecule has 0 amide bonds. The molecule has 0 spiro atoms. The van der Waals surface area contributed by atoms with Gasteiger partial charge in [0.25, 0.3) is 0 Å². The molecule has 0 heterocycles. The normalized spacial score (nSPS) is 8.83. The largest absolute Gasteiger partial charge is 0.399 e. The summed E-state index contributed by atoms with van der Waals surface area (Å²) in [5, 5.41) is 0.705. The first-order valence-corrected chi connectivity index (χ1v) is 4.77. The van der Waals surface area contributed by atoms with Gasteiger partial charge in [0.05, 0.1) is 5.33 Å². The van der Waals surface area contributed by atoms with Crippen LogP contribution in [0.4, 0.5) is 5.69 Å². The summed E-state index contributed by atoms with van der Waals surface area (Å²) in [6.45, 7) is 1.98. The fourth-order valence-electron chi connectivity index (χ4n) is 0.889. The summed E-state index contributed by atoms with van der Waals surface area (Å²) in [4.78, 5) is 0. The highest BCUT2D eigenvalue weighted by molar-refractivity contribution is 9.09. The van der Waals surface area contributed by atoms with Crippen LogP contribution in [0.25, 0.3) is 0 Å². The number of nitrogen functional groups attached to an aromatic ring is 1. The number of halogens is 1. The Bertz CT molecular complexity index is 333. The molecule has 0 unspecified atom stereocenters. The maximum atomic E-state index is 5.66. The Hall–Kier alpha value is -0.940. The number of nitrogens with two attached hydrogens (primary N) is 1. The average Bonchev–Trinajstić information content (AvgIpc) is 2.07. The van der Waals surface area contributed by atoms with Gasteiger partial charge in [0, 0.05) is 11.3 Å². The molecule has 0 radical (unpaired) electrons. The van der Waals surface area contributed by atoms with Crippen molar-refractivity contribution >= 4 is 21.6 Å². The molecule has 2 heteroatoms. The highest BCUT2D eigenvalue weighted by Crippen LogP contribution is 2.11. The van der Waals surface area contributed by atoms with Crippen LogP contribution in [0.2, 0.25) is 0 Å². The van der Waals surface area contributed by atoms with Gasteiger partial charge in [-0.2, -0.15) is 0 Å². The van der Waals surface area contributed by atoms with Gasteiger partial charge in [0.1, 0.15) is 0 Å². The van der Waals surface area contributed by atoms with E-state index in [2.05, 4.69) is 27.8 Å². The van der Waals surface area contributed by atoms with Gasteiger partial charge in [0.15, 0.2) is 0 Å². The number of anilines is 1. The lowest BCUT2D eigenvalue weighted by molar-refractivity contribution is 1.45. The molecule has 12 heavy (non-hydrogen) atoms. The molecular formula is C10H10BrN. The molecule has 1 aromatic rings. The molecule has 0 atom stereocenters. The molecule has 0 aliphatic carbocycles. The molecule has 0 bridgehead atoms. The summed E-state index contributed by atoms with van der Waals surface area (Å²) in [5.74, 6) is 5.95. The van der Waals surface area contributed by atoms with Crippen LogP contribution in [0.5, 0.6) is 0 Å². The van der Waals surface area contributed by atoms with Crippen LogP contribution in [-0.4, -0.2) is 5.33 Å². The Labute approximate surface area is 81.1 Å².